The van der Waals surface area contributed by atoms with Gasteiger partial charge in [0.2, 0.25) is 0 Å². The van der Waals surface area contributed by atoms with E-state index in [0.717, 1.165) is 44.9 Å². The topological polar surface area (TPSA) is 78.4 Å². The average Bonchev–Trinajstić information content (AvgIpc) is 2.34. The molecule has 0 spiro atoms. The number of carboxylic acid groups (broad SMARTS) is 1. The minimum Gasteiger partial charge on any atom is -0.481 e. The predicted octanol–water partition coefficient (Wildman–Crippen LogP) is 2.65. The van der Waals surface area contributed by atoms with Crippen molar-refractivity contribution in [3.8, 4) is 0 Å². The highest BCUT2D eigenvalue weighted by atomic mass is 16.4. The number of aliphatic carboxylic acids is 1. The fraction of sp³-hybridized carbons (Fsp3) is 0.867. The molecule has 0 saturated heterocycles. The van der Waals surface area contributed by atoms with E-state index in [9.17, 15) is 9.59 Å². The number of carbonyl (C=O) groups excluding carboxylic acids is 1. The van der Waals surface area contributed by atoms with E-state index in [-0.39, 0.29) is 17.9 Å². The maximum Gasteiger partial charge on any atom is 0.315 e. The van der Waals surface area contributed by atoms with Crippen molar-refractivity contribution in [3.63, 3.8) is 0 Å². The fourth-order valence-electron chi connectivity index (χ4n) is 3.40. The maximum absolute atomic E-state index is 12.1. The monoisotopic (exact) mass is 282 g/mol. The summed E-state index contributed by atoms with van der Waals surface area (Å²) in [7, 11) is 0. The van der Waals surface area contributed by atoms with Crippen molar-refractivity contribution >= 4 is 12.0 Å². The molecule has 2 amide bonds. The molecular formula is C15H26N2O3. The second-order valence-corrected chi connectivity index (χ2v) is 6.88. The Kier molecular flexibility index (Phi) is 4.55. The smallest absolute Gasteiger partial charge is 0.315 e. The first-order valence-electron chi connectivity index (χ1n) is 7.71. The third-order valence-corrected chi connectivity index (χ3v) is 4.92. The Bertz CT molecular complexity index is 371. The summed E-state index contributed by atoms with van der Waals surface area (Å²) in [6.07, 6.45) is 8.23. The first-order chi connectivity index (χ1) is 9.43. The molecule has 0 aromatic carbocycles. The van der Waals surface area contributed by atoms with Gasteiger partial charge in [-0.3, -0.25) is 4.79 Å². The molecule has 2 saturated carbocycles. The zero-order valence-electron chi connectivity index (χ0n) is 12.3. The van der Waals surface area contributed by atoms with Gasteiger partial charge in [0.1, 0.15) is 0 Å². The first-order valence-corrected chi connectivity index (χ1v) is 7.71. The third-order valence-electron chi connectivity index (χ3n) is 4.92. The number of carbonyl (C=O) groups is 2. The largest absolute Gasteiger partial charge is 0.481 e. The van der Waals surface area contributed by atoms with Gasteiger partial charge < -0.3 is 15.7 Å². The summed E-state index contributed by atoms with van der Waals surface area (Å²) < 4.78 is 0. The average molecular weight is 282 g/mol. The highest BCUT2D eigenvalue weighted by Gasteiger charge is 2.37. The summed E-state index contributed by atoms with van der Waals surface area (Å²) in [5.41, 5.74) is -0.307. The number of amides is 2. The van der Waals surface area contributed by atoms with Crippen molar-refractivity contribution in [2.24, 2.45) is 5.41 Å². The van der Waals surface area contributed by atoms with Gasteiger partial charge in [-0.25, -0.2) is 4.79 Å². The zero-order chi connectivity index (χ0) is 14.6. The summed E-state index contributed by atoms with van der Waals surface area (Å²) in [6, 6.07) is -0.207. The quantitative estimate of drug-likeness (QED) is 0.725. The highest BCUT2D eigenvalue weighted by molar-refractivity contribution is 5.76. The van der Waals surface area contributed by atoms with Crippen LogP contribution >= 0.6 is 0 Å². The Balaban J connectivity index is 1.86. The second-order valence-electron chi connectivity index (χ2n) is 6.88. The SMILES string of the molecule is CC1(CNC(=O)NC2(CC(=O)O)CCCCC2)CCC1. The van der Waals surface area contributed by atoms with E-state index in [1.54, 1.807) is 0 Å². The molecule has 20 heavy (non-hydrogen) atoms. The molecule has 5 heteroatoms. The van der Waals surface area contributed by atoms with Crippen molar-refractivity contribution in [3.05, 3.63) is 0 Å². The van der Waals surface area contributed by atoms with E-state index in [0.29, 0.717) is 6.54 Å². The van der Waals surface area contributed by atoms with Gasteiger partial charge in [-0.2, -0.15) is 0 Å². The van der Waals surface area contributed by atoms with Crippen LogP contribution in [0.4, 0.5) is 4.79 Å². The van der Waals surface area contributed by atoms with Gasteiger partial charge in [-0.15, -0.1) is 0 Å². The molecule has 0 unspecified atom stereocenters. The molecule has 2 rings (SSSR count). The van der Waals surface area contributed by atoms with Crippen LogP contribution in [0.25, 0.3) is 0 Å². The molecule has 0 bridgehead atoms. The van der Waals surface area contributed by atoms with Crippen LogP contribution in [-0.4, -0.2) is 29.2 Å². The summed E-state index contributed by atoms with van der Waals surface area (Å²) >= 11 is 0. The van der Waals surface area contributed by atoms with Crippen molar-refractivity contribution in [1.29, 1.82) is 0 Å². The molecule has 0 radical (unpaired) electrons. The number of rotatable bonds is 5. The van der Waals surface area contributed by atoms with Crippen LogP contribution in [0.15, 0.2) is 0 Å². The minimum atomic E-state index is -0.835. The summed E-state index contributed by atoms with van der Waals surface area (Å²) in [5, 5.41) is 15.0. The molecule has 2 aliphatic carbocycles. The first kappa shape index (κ1) is 15.1. The lowest BCUT2D eigenvalue weighted by molar-refractivity contribution is -0.139. The Labute approximate surface area is 120 Å². The number of hydrogen-bond donors (Lipinski definition) is 3. The normalized spacial score (nSPS) is 23.4. The van der Waals surface area contributed by atoms with Crippen LogP contribution in [0.5, 0.6) is 0 Å². The minimum absolute atomic E-state index is 0.0255. The molecular weight excluding hydrogens is 256 g/mol. The van der Waals surface area contributed by atoms with Crippen LogP contribution in [0, 0.1) is 5.41 Å². The van der Waals surface area contributed by atoms with E-state index < -0.39 is 11.5 Å². The molecule has 2 aliphatic rings. The van der Waals surface area contributed by atoms with E-state index in [1.165, 1.54) is 6.42 Å². The number of carboxylic acids is 1. The van der Waals surface area contributed by atoms with Crippen LogP contribution < -0.4 is 10.6 Å². The van der Waals surface area contributed by atoms with E-state index in [4.69, 9.17) is 5.11 Å². The Morgan fingerprint density at radius 1 is 1.05 bits per heavy atom. The van der Waals surface area contributed by atoms with Gasteiger partial charge in [-0.05, 0) is 31.1 Å². The Hall–Kier alpha value is -1.26. The lowest BCUT2D eigenvalue weighted by Gasteiger charge is -2.40. The molecule has 2 fully saturated rings. The summed E-state index contributed by atoms with van der Waals surface area (Å²) in [4.78, 5) is 23.1. The molecule has 5 nitrogen and oxygen atoms in total. The van der Waals surface area contributed by atoms with Crippen molar-refractivity contribution in [1.82, 2.24) is 10.6 Å². The highest BCUT2D eigenvalue weighted by Crippen LogP contribution is 2.39. The van der Waals surface area contributed by atoms with Crippen molar-refractivity contribution in [2.75, 3.05) is 6.54 Å². The van der Waals surface area contributed by atoms with Crippen LogP contribution in [0.3, 0.4) is 0 Å². The summed E-state index contributed by atoms with van der Waals surface area (Å²) in [6.45, 7) is 2.87. The third kappa shape index (κ3) is 3.87. The lowest BCUT2D eigenvalue weighted by Crippen LogP contribution is -2.55. The Morgan fingerprint density at radius 3 is 2.20 bits per heavy atom. The van der Waals surface area contributed by atoms with Crippen molar-refractivity contribution in [2.45, 2.75) is 70.3 Å². The van der Waals surface area contributed by atoms with Crippen LogP contribution in [0.1, 0.15) is 64.7 Å². The molecule has 0 aromatic rings. The fourth-order valence-corrected chi connectivity index (χ4v) is 3.40. The standard InChI is InChI=1S/C15H26N2O3/c1-14(6-5-7-14)11-16-13(20)17-15(10-12(18)19)8-3-2-4-9-15/h2-11H2,1H3,(H,18,19)(H2,16,17,20). The molecule has 114 valence electrons. The van der Waals surface area contributed by atoms with Gasteiger partial charge in [0.25, 0.3) is 0 Å². The van der Waals surface area contributed by atoms with Gasteiger partial charge in [0, 0.05) is 6.54 Å². The second kappa shape index (κ2) is 6.02. The lowest BCUT2D eigenvalue weighted by atomic mass is 9.70. The number of nitrogens with one attached hydrogen (secondary N) is 2. The van der Waals surface area contributed by atoms with Gasteiger partial charge >= 0.3 is 12.0 Å². The van der Waals surface area contributed by atoms with E-state index >= 15 is 0 Å². The molecule has 0 atom stereocenters. The van der Waals surface area contributed by atoms with Gasteiger partial charge in [0.05, 0.1) is 12.0 Å². The Morgan fingerprint density at radius 2 is 1.70 bits per heavy atom. The maximum atomic E-state index is 12.1. The molecule has 0 aromatic heterocycles. The predicted molar refractivity (Wildman–Crippen MR) is 76.6 cm³/mol. The van der Waals surface area contributed by atoms with Crippen LogP contribution in [0.2, 0.25) is 0 Å². The molecule has 3 N–H and O–H groups in total. The summed E-state index contributed by atoms with van der Waals surface area (Å²) in [5.74, 6) is -0.835. The number of urea groups is 1. The van der Waals surface area contributed by atoms with Crippen LogP contribution in [-0.2, 0) is 4.79 Å². The zero-order valence-corrected chi connectivity index (χ0v) is 12.3. The number of hydrogen-bond acceptors (Lipinski definition) is 2. The molecule has 0 heterocycles. The van der Waals surface area contributed by atoms with E-state index in [1.807, 2.05) is 0 Å². The van der Waals surface area contributed by atoms with Gasteiger partial charge in [0.15, 0.2) is 0 Å². The molecule has 0 aliphatic heterocycles. The van der Waals surface area contributed by atoms with Crippen molar-refractivity contribution < 1.29 is 14.7 Å². The van der Waals surface area contributed by atoms with E-state index in [2.05, 4.69) is 17.6 Å². The van der Waals surface area contributed by atoms with Gasteiger partial charge in [-0.1, -0.05) is 32.6 Å².